The Hall–Kier alpha value is -2.66. The molecule has 0 radical (unpaired) electrons. The summed E-state index contributed by atoms with van der Waals surface area (Å²) in [4.78, 5) is 20.1. The first-order chi connectivity index (χ1) is 10.7. The van der Waals surface area contributed by atoms with Crippen LogP contribution < -0.4 is 4.74 Å². The molecule has 0 N–H and O–H groups in total. The van der Waals surface area contributed by atoms with Crippen LogP contribution in [0, 0.1) is 0 Å². The first-order valence-electron chi connectivity index (χ1n) is 6.44. The molecule has 1 aromatic carbocycles. The van der Waals surface area contributed by atoms with Gasteiger partial charge in [0, 0.05) is 11.2 Å². The molecule has 0 bridgehead atoms. The van der Waals surface area contributed by atoms with E-state index < -0.39 is 5.97 Å². The summed E-state index contributed by atoms with van der Waals surface area (Å²) in [5, 5.41) is 0.497. The molecular formula is C16H11ClN2O3. The Labute approximate surface area is 131 Å². The number of carbonyl (C=O) groups excluding carboxylic acids is 1. The maximum absolute atomic E-state index is 11.9. The summed E-state index contributed by atoms with van der Waals surface area (Å²) in [7, 11) is 1.59. The lowest BCUT2D eigenvalue weighted by Crippen LogP contribution is -2.06. The van der Waals surface area contributed by atoms with Crippen molar-refractivity contribution < 1.29 is 14.3 Å². The van der Waals surface area contributed by atoms with Crippen molar-refractivity contribution in [2.75, 3.05) is 7.11 Å². The summed E-state index contributed by atoms with van der Waals surface area (Å²) in [5.74, 6) is 0.364. The number of halogens is 1. The molecule has 0 aliphatic carbocycles. The van der Waals surface area contributed by atoms with E-state index in [1.54, 1.807) is 37.5 Å². The number of esters is 1. The van der Waals surface area contributed by atoms with Gasteiger partial charge in [-0.05, 0) is 35.9 Å². The minimum atomic E-state index is -0.521. The van der Waals surface area contributed by atoms with Gasteiger partial charge in [-0.2, -0.15) is 0 Å². The second kappa shape index (κ2) is 5.99. The molecule has 2 aromatic rings. The Bertz CT molecular complexity index is 782. The Kier molecular flexibility index (Phi) is 3.89. The number of benzene rings is 1. The van der Waals surface area contributed by atoms with Gasteiger partial charge < -0.3 is 9.47 Å². The Morgan fingerprint density at radius 2 is 2.00 bits per heavy atom. The van der Waals surface area contributed by atoms with Crippen LogP contribution in [0.3, 0.4) is 0 Å². The Morgan fingerprint density at radius 3 is 2.68 bits per heavy atom. The van der Waals surface area contributed by atoms with Gasteiger partial charge in [0.1, 0.15) is 11.4 Å². The molecule has 0 saturated heterocycles. The summed E-state index contributed by atoms with van der Waals surface area (Å²) in [6, 6.07) is 10.5. The molecule has 0 amide bonds. The lowest BCUT2D eigenvalue weighted by molar-refractivity contribution is -0.129. The molecule has 0 unspecified atom stereocenters. The molecule has 2 heterocycles. The molecule has 1 aromatic heterocycles. The van der Waals surface area contributed by atoms with Crippen LogP contribution in [0.2, 0.25) is 5.02 Å². The highest BCUT2D eigenvalue weighted by atomic mass is 35.5. The minimum absolute atomic E-state index is 0.146. The van der Waals surface area contributed by atoms with E-state index in [1.165, 1.54) is 6.20 Å². The summed E-state index contributed by atoms with van der Waals surface area (Å²) in [6.07, 6.45) is 3.17. The lowest BCUT2D eigenvalue weighted by atomic mass is 10.2. The average molecular weight is 315 g/mol. The second-order valence-electron chi connectivity index (χ2n) is 4.47. The predicted octanol–water partition coefficient (Wildman–Crippen LogP) is 3.09. The summed E-state index contributed by atoms with van der Waals surface area (Å²) in [6.45, 7) is 0. The van der Waals surface area contributed by atoms with Gasteiger partial charge in [-0.25, -0.2) is 9.79 Å². The smallest absolute Gasteiger partial charge is 0.363 e. The van der Waals surface area contributed by atoms with Crippen molar-refractivity contribution in [1.82, 2.24) is 4.98 Å². The molecule has 6 heteroatoms. The van der Waals surface area contributed by atoms with E-state index in [2.05, 4.69) is 9.98 Å². The zero-order chi connectivity index (χ0) is 15.5. The number of hydrogen-bond donors (Lipinski definition) is 0. The number of pyridine rings is 1. The second-order valence-corrected chi connectivity index (χ2v) is 4.90. The third-order valence-corrected chi connectivity index (χ3v) is 3.22. The summed E-state index contributed by atoms with van der Waals surface area (Å²) < 4.78 is 10.2. The standard InChI is InChI=1S/C16H11ClN2O3/c1-21-12-4-2-10(3-5-12)8-14-16(20)22-15(19-14)13-9-11(17)6-7-18-13/h2-9H,1H3/b14-8-. The number of ether oxygens (including phenoxy) is 2. The minimum Gasteiger partial charge on any atom is -0.497 e. The first-order valence-corrected chi connectivity index (χ1v) is 6.82. The third kappa shape index (κ3) is 2.99. The number of cyclic esters (lactones) is 1. The normalized spacial score (nSPS) is 15.6. The maximum Gasteiger partial charge on any atom is 0.363 e. The van der Waals surface area contributed by atoms with E-state index in [0.29, 0.717) is 10.7 Å². The molecule has 1 aliphatic heterocycles. The molecule has 110 valence electrons. The molecule has 0 saturated carbocycles. The van der Waals surface area contributed by atoms with Gasteiger partial charge in [-0.15, -0.1) is 0 Å². The molecule has 1 aliphatic rings. The number of rotatable bonds is 3. The van der Waals surface area contributed by atoms with Gasteiger partial charge in [0.05, 0.1) is 7.11 Å². The molecule has 0 fully saturated rings. The molecule has 0 atom stereocenters. The van der Waals surface area contributed by atoms with Crippen molar-refractivity contribution in [2.24, 2.45) is 4.99 Å². The molecule has 5 nitrogen and oxygen atoms in total. The van der Waals surface area contributed by atoms with Crippen molar-refractivity contribution in [3.8, 4) is 5.75 Å². The number of nitrogens with zero attached hydrogens (tertiary/aromatic N) is 2. The van der Waals surface area contributed by atoms with Crippen molar-refractivity contribution in [3.05, 3.63) is 64.6 Å². The average Bonchev–Trinajstić information content (AvgIpc) is 2.89. The Morgan fingerprint density at radius 1 is 1.23 bits per heavy atom. The van der Waals surface area contributed by atoms with Crippen LogP contribution in [0.5, 0.6) is 5.75 Å². The van der Waals surface area contributed by atoms with Gasteiger partial charge in [0.25, 0.3) is 0 Å². The molecule has 0 spiro atoms. The van der Waals surface area contributed by atoms with Gasteiger partial charge in [0.15, 0.2) is 5.70 Å². The van der Waals surface area contributed by atoms with Crippen molar-refractivity contribution in [3.63, 3.8) is 0 Å². The fourth-order valence-corrected chi connectivity index (χ4v) is 2.06. The summed E-state index contributed by atoms with van der Waals surface area (Å²) in [5.41, 5.74) is 1.44. The van der Waals surface area contributed by atoms with E-state index in [9.17, 15) is 4.79 Å². The number of methoxy groups -OCH3 is 1. The van der Waals surface area contributed by atoms with Gasteiger partial charge in [-0.3, -0.25) is 4.98 Å². The lowest BCUT2D eigenvalue weighted by Gasteiger charge is -1.99. The highest BCUT2D eigenvalue weighted by Crippen LogP contribution is 2.20. The SMILES string of the molecule is COc1ccc(/C=C2\N=C(c3cc(Cl)ccn3)OC2=O)cc1. The summed E-state index contributed by atoms with van der Waals surface area (Å²) >= 11 is 5.89. The highest BCUT2D eigenvalue weighted by molar-refractivity contribution is 6.31. The zero-order valence-electron chi connectivity index (χ0n) is 11.6. The van der Waals surface area contributed by atoms with Crippen molar-refractivity contribution in [2.45, 2.75) is 0 Å². The Balaban J connectivity index is 1.90. The fraction of sp³-hybridized carbons (Fsp3) is 0.0625. The highest BCUT2D eigenvalue weighted by Gasteiger charge is 2.25. The number of aliphatic imine (C=N–C) groups is 1. The molecule has 22 heavy (non-hydrogen) atoms. The third-order valence-electron chi connectivity index (χ3n) is 2.98. The van der Waals surface area contributed by atoms with E-state index >= 15 is 0 Å². The number of hydrogen-bond acceptors (Lipinski definition) is 5. The van der Waals surface area contributed by atoms with Gasteiger partial charge in [-0.1, -0.05) is 23.7 Å². The van der Waals surface area contributed by atoms with E-state index in [1.807, 2.05) is 12.1 Å². The van der Waals surface area contributed by atoms with Crippen LogP contribution in [0.25, 0.3) is 6.08 Å². The van der Waals surface area contributed by atoms with Crippen LogP contribution >= 0.6 is 11.6 Å². The molecular weight excluding hydrogens is 304 g/mol. The van der Waals surface area contributed by atoms with Crippen LogP contribution in [0.15, 0.2) is 53.3 Å². The number of aromatic nitrogens is 1. The topological polar surface area (TPSA) is 60.8 Å². The van der Waals surface area contributed by atoms with E-state index in [-0.39, 0.29) is 11.6 Å². The first kappa shape index (κ1) is 14.3. The molecule has 3 rings (SSSR count). The van der Waals surface area contributed by atoms with Crippen LogP contribution in [0.1, 0.15) is 11.3 Å². The van der Waals surface area contributed by atoms with Crippen LogP contribution in [0.4, 0.5) is 0 Å². The van der Waals surface area contributed by atoms with Crippen LogP contribution in [-0.4, -0.2) is 24.0 Å². The van der Waals surface area contributed by atoms with Crippen molar-refractivity contribution >= 4 is 29.5 Å². The predicted molar refractivity (Wildman–Crippen MR) is 82.8 cm³/mol. The maximum atomic E-state index is 11.9. The fourth-order valence-electron chi connectivity index (χ4n) is 1.90. The van der Waals surface area contributed by atoms with Crippen molar-refractivity contribution in [1.29, 1.82) is 0 Å². The quantitative estimate of drug-likeness (QED) is 0.645. The monoisotopic (exact) mass is 314 g/mol. The van der Waals surface area contributed by atoms with E-state index in [4.69, 9.17) is 21.1 Å². The largest absolute Gasteiger partial charge is 0.497 e. The van der Waals surface area contributed by atoms with E-state index in [0.717, 1.165) is 11.3 Å². The van der Waals surface area contributed by atoms with Gasteiger partial charge >= 0.3 is 5.97 Å². The number of carbonyl (C=O) groups is 1. The van der Waals surface area contributed by atoms with Gasteiger partial charge in [0.2, 0.25) is 5.90 Å². The van der Waals surface area contributed by atoms with Crippen LogP contribution in [-0.2, 0) is 9.53 Å². The zero-order valence-corrected chi connectivity index (χ0v) is 12.4.